The number of thiophene rings is 1. The molecular weight excluding hydrogens is 378 g/mol. The Morgan fingerprint density at radius 1 is 1.33 bits per heavy atom. The highest BCUT2D eigenvalue weighted by atomic mass is 32.2. The van der Waals surface area contributed by atoms with Crippen molar-refractivity contribution in [2.75, 3.05) is 12.3 Å². The predicted octanol–water partition coefficient (Wildman–Crippen LogP) is 3.80. The molecule has 1 amide bonds. The van der Waals surface area contributed by atoms with Gasteiger partial charge in [0, 0.05) is 11.4 Å². The molecule has 27 heavy (non-hydrogen) atoms. The van der Waals surface area contributed by atoms with Gasteiger partial charge in [-0.15, -0.1) is 16.4 Å². The van der Waals surface area contributed by atoms with Gasteiger partial charge in [-0.3, -0.25) is 4.79 Å². The number of amides is 1. The van der Waals surface area contributed by atoms with Crippen LogP contribution in [0.1, 0.15) is 34.9 Å². The van der Waals surface area contributed by atoms with Crippen molar-refractivity contribution in [3.63, 3.8) is 0 Å². The van der Waals surface area contributed by atoms with Crippen LogP contribution in [0.15, 0.2) is 40.9 Å². The number of carbonyl (C=O) groups excluding carboxylic acids is 1. The molecule has 6 nitrogen and oxygen atoms in total. The lowest BCUT2D eigenvalue weighted by Crippen LogP contribution is -2.31. The van der Waals surface area contributed by atoms with E-state index in [0.29, 0.717) is 10.9 Å². The fourth-order valence-corrected chi connectivity index (χ4v) is 5.06. The quantitative estimate of drug-likeness (QED) is 0.611. The second-order valence-corrected chi connectivity index (χ2v) is 8.63. The van der Waals surface area contributed by atoms with Crippen LogP contribution < -0.4 is 0 Å². The van der Waals surface area contributed by atoms with E-state index in [4.69, 9.17) is 0 Å². The van der Waals surface area contributed by atoms with Crippen LogP contribution >= 0.6 is 23.1 Å². The van der Waals surface area contributed by atoms with Gasteiger partial charge in [-0.05, 0) is 65.8 Å². The molecule has 4 rings (SSSR count). The summed E-state index contributed by atoms with van der Waals surface area (Å²) in [5, 5.41) is 14.8. The number of aromatic nitrogens is 4. The number of carbonyl (C=O) groups is 1. The summed E-state index contributed by atoms with van der Waals surface area (Å²) in [7, 11) is 0. The lowest BCUT2D eigenvalue weighted by molar-refractivity contribution is -0.129. The number of tetrazole rings is 1. The van der Waals surface area contributed by atoms with Gasteiger partial charge in [0.25, 0.3) is 0 Å². The Hall–Kier alpha value is -2.19. The Labute approximate surface area is 166 Å². The van der Waals surface area contributed by atoms with Gasteiger partial charge in [0.15, 0.2) is 0 Å². The molecule has 1 saturated heterocycles. The van der Waals surface area contributed by atoms with Gasteiger partial charge in [0.05, 0.1) is 17.5 Å². The van der Waals surface area contributed by atoms with E-state index in [1.54, 1.807) is 16.0 Å². The molecule has 0 spiro atoms. The topological polar surface area (TPSA) is 63.9 Å². The van der Waals surface area contributed by atoms with Crippen LogP contribution in [0, 0.1) is 13.8 Å². The van der Waals surface area contributed by atoms with Crippen molar-refractivity contribution in [2.45, 2.75) is 37.9 Å². The van der Waals surface area contributed by atoms with Crippen LogP contribution in [0.4, 0.5) is 0 Å². The molecule has 0 bridgehead atoms. The molecule has 1 aliphatic heterocycles. The van der Waals surface area contributed by atoms with E-state index in [-0.39, 0.29) is 11.9 Å². The van der Waals surface area contributed by atoms with Crippen molar-refractivity contribution in [3.05, 3.63) is 51.7 Å². The largest absolute Gasteiger partial charge is 0.334 e. The minimum absolute atomic E-state index is 0.145. The van der Waals surface area contributed by atoms with E-state index in [0.717, 1.165) is 36.2 Å². The summed E-state index contributed by atoms with van der Waals surface area (Å²) in [6.45, 7) is 4.90. The highest BCUT2D eigenvalue weighted by molar-refractivity contribution is 7.99. The molecule has 1 aliphatic rings. The standard InChI is InChI=1S/C19H21N5OS2/c1-13-7-8-14(2)16(11-13)24-19(20-21-22-24)27-12-18(25)23-9-3-5-15(23)17-6-4-10-26-17/h4,6-8,10-11,15H,3,5,9,12H2,1-2H3/t15-/m1/s1. The van der Waals surface area contributed by atoms with Crippen molar-refractivity contribution in [1.82, 2.24) is 25.1 Å². The van der Waals surface area contributed by atoms with Crippen molar-refractivity contribution < 1.29 is 4.79 Å². The molecule has 1 atom stereocenters. The third kappa shape index (κ3) is 3.77. The van der Waals surface area contributed by atoms with Crippen molar-refractivity contribution in [2.24, 2.45) is 0 Å². The number of aryl methyl sites for hydroxylation is 2. The lowest BCUT2D eigenvalue weighted by atomic mass is 10.1. The molecule has 0 unspecified atom stereocenters. The van der Waals surface area contributed by atoms with Crippen LogP contribution in [-0.4, -0.2) is 43.3 Å². The molecule has 1 fully saturated rings. The van der Waals surface area contributed by atoms with Gasteiger partial charge in [-0.1, -0.05) is 30.0 Å². The van der Waals surface area contributed by atoms with Gasteiger partial charge in [-0.2, -0.15) is 4.68 Å². The molecule has 3 heterocycles. The number of benzene rings is 1. The summed E-state index contributed by atoms with van der Waals surface area (Å²) in [5.74, 6) is 0.485. The van der Waals surface area contributed by atoms with Crippen molar-refractivity contribution in [1.29, 1.82) is 0 Å². The third-order valence-corrected chi connectivity index (χ3v) is 6.68. The number of hydrogen-bond acceptors (Lipinski definition) is 6. The average Bonchev–Trinajstić information content (AvgIpc) is 3.41. The van der Waals surface area contributed by atoms with Gasteiger partial charge in [-0.25, -0.2) is 0 Å². The molecule has 0 radical (unpaired) electrons. The van der Waals surface area contributed by atoms with Crippen LogP contribution in [0.5, 0.6) is 0 Å². The maximum absolute atomic E-state index is 12.8. The fourth-order valence-electron chi connectivity index (χ4n) is 3.42. The SMILES string of the molecule is Cc1ccc(C)c(-n2nnnc2SCC(=O)N2CCC[C@@H]2c2cccs2)c1. The summed E-state index contributed by atoms with van der Waals surface area (Å²) in [6, 6.07) is 10.6. The minimum atomic E-state index is 0.145. The highest BCUT2D eigenvalue weighted by Gasteiger charge is 2.30. The lowest BCUT2D eigenvalue weighted by Gasteiger charge is -2.23. The Bertz CT molecular complexity index is 937. The number of rotatable bonds is 5. The van der Waals surface area contributed by atoms with Crippen LogP contribution in [0.25, 0.3) is 5.69 Å². The van der Waals surface area contributed by atoms with E-state index in [2.05, 4.69) is 45.2 Å². The monoisotopic (exact) mass is 399 g/mol. The van der Waals surface area contributed by atoms with Gasteiger partial charge >= 0.3 is 0 Å². The zero-order valence-electron chi connectivity index (χ0n) is 15.3. The number of thioether (sulfide) groups is 1. The van der Waals surface area contributed by atoms with E-state index in [9.17, 15) is 4.79 Å². The second-order valence-electron chi connectivity index (χ2n) is 6.71. The van der Waals surface area contributed by atoms with Gasteiger partial charge in [0.2, 0.25) is 11.1 Å². The van der Waals surface area contributed by atoms with Gasteiger partial charge < -0.3 is 4.90 Å². The smallest absolute Gasteiger partial charge is 0.233 e. The summed E-state index contributed by atoms with van der Waals surface area (Å²) in [6.07, 6.45) is 2.09. The minimum Gasteiger partial charge on any atom is -0.334 e. The number of likely N-dealkylation sites (tertiary alicyclic amines) is 1. The van der Waals surface area contributed by atoms with Gasteiger partial charge in [0.1, 0.15) is 0 Å². The fraction of sp³-hybridized carbons (Fsp3) is 0.368. The van der Waals surface area contributed by atoms with Crippen LogP contribution in [0.3, 0.4) is 0 Å². The highest BCUT2D eigenvalue weighted by Crippen LogP contribution is 2.35. The first kappa shape index (κ1) is 18.2. The molecule has 0 N–H and O–H groups in total. The Balaban J connectivity index is 1.47. The molecule has 0 saturated carbocycles. The molecule has 2 aromatic heterocycles. The first-order valence-corrected chi connectivity index (χ1v) is 10.8. The molecule has 140 valence electrons. The first-order valence-electron chi connectivity index (χ1n) is 8.95. The number of nitrogens with zero attached hydrogens (tertiary/aromatic N) is 5. The molecule has 3 aromatic rings. The molecular formula is C19H21N5OS2. The zero-order valence-corrected chi connectivity index (χ0v) is 17.0. The molecule has 0 aliphatic carbocycles. The normalized spacial score (nSPS) is 16.8. The maximum Gasteiger partial charge on any atom is 0.233 e. The van der Waals surface area contributed by atoms with E-state index < -0.39 is 0 Å². The first-order chi connectivity index (χ1) is 13.1. The Kier molecular flexibility index (Phi) is 5.27. The van der Waals surface area contributed by atoms with Crippen molar-refractivity contribution >= 4 is 29.0 Å². The number of hydrogen-bond donors (Lipinski definition) is 0. The zero-order chi connectivity index (χ0) is 18.8. The third-order valence-electron chi connectivity index (χ3n) is 4.80. The molecule has 1 aromatic carbocycles. The average molecular weight is 400 g/mol. The predicted molar refractivity (Wildman–Crippen MR) is 107 cm³/mol. The van der Waals surface area contributed by atoms with E-state index in [1.807, 2.05) is 24.8 Å². The van der Waals surface area contributed by atoms with E-state index in [1.165, 1.54) is 16.6 Å². The summed E-state index contributed by atoms with van der Waals surface area (Å²) >= 11 is 3.12. The van der Waals surface area contributed by atoms with Crippen LogP contribution in [-0.2, 0) is 4.79 Å². The summed E-state index contributed by atoms with van der Waals surface area (Å²) in [5.41, 5.74) is 3.19. The Morgan fingerprint density at radius 3 is 3.04 bits per heavy atom. The Morgan fingerprint density at radius 2 is 2.22 bits per heavy atom. The summed E-state index contributed by atoms with van der Waals surface area (Å²) in [4.78, 5) is 16.1. The summed E-state index contributed by atoms with van der Waals surface area (Å²) < 4.78 is 1.72. The van der Waals surface area contributed by atoms with Crippen molar-refractivity contribution in [3.8, 4) is 5.69 Å². The second kappa shape index (κ2) is 7.82. The van der Waals surface area contributed by atoms with Crippen LogP contribution in [0.2, 0.25) is 0 Å². The molecule has 8 heteroatoms. The maximum atomic E-state index is 12.8. The van der Waals surface area contributed by atoms with E-state index >= 15 is 0 Å².